The van der Waals surface area contributed by atoms with Gasteiger partial charge in [0.15, 0.2) is 11.6 Å². The van der Waals surface area contributed by atoms with Crippen LogP contribution in [0, 0.1) is 0 Å². The van der Waals surface area contributed by atoms with Gasteiger partial charge in [-0.25, -0.2) is 4.98 Å². The molecule has 0 aromatic carbocycles. The van der Waals surface area contributed by atoms with Crippen molar-refractivity contribution in [1.29, 1.82) is 0 Å². The highest BCUT2D eigenvalue weighted by molar-refractivity contribution is 5.50. The van der Waals surface area contributed by atoms with Gasteiger partial charge in [-0.1, -0.05) is 0 Å². The topological polar surface area (TPSA) is 43.4 Å². The summed E-state index contributed by atoms with van der Waals surface area (Å²) in [4.78, 5) is 4.30. The fraction of sp³-hybridized carbons (Fsp3) is 0.583. The number of ether oxygens (including phenoxy) is 2. The van der Waals surface area contributed by atoms with Crippen LogP contribution in [0.3, 0.4) is 0 Å². The van der Waals surface area contributed by atoms with E-state index in [0.717, 1.165) is 31.2 Å². The zero-order chi connectivity index (χ0) is 11.4. The Balaban J connectivity index is 2.06. The molecule has 1 aromatic heterocycles. The van der Waals surface area contributed by atoms with E-state index in [0.29, 0.717) is 6.04 Å². The Bertz CT molecular complexity index is 336. The normalized spacial score (nSPS) is 20.1. The van der Waals surface area contributed by atoms with Crippen molar-refractivity contribution >= 4 is 5.82 Å². The molecule has 4 heteroatoms. The molecule has 2 rings (SSSR count). The predicted molar refractivity (Wildman–Crippen MR) is 62.8 cm³/mol. The van der Waals surface area contributed by atoms with Gasteiger partial charge < -0.3 is 14.8 Å². The molecule has 0 bridgehead atoms. The molecule has 1 atom stereocenters. The highest BCUT2D eigenvalue weighted by Crippen LogP contribution is 2.24. The molecular weight excluding hydrogens is 204 g/mol. The Labute approximate surface area is 96.0 Å². The third-order valence-corrected chi connectivity index (χ3v) is 2.40. The second kappa shape index (κ2) is 5.16. The van der Waals surface area contributed by atoms with Crippen LogP contribution in [0.15, 0.2) is 18.3 Å². The number of hydrogen-bond donors (Lipinski definition) is 1. The molecule has 1 fully saturated rings. The number of rotatable bonds is 4. The van der Waals surface area contributed by atoms with E-state index in [2.05, 4.69) is 10.3 Å². The fourth-order valence-electron chi connectivity index (χ4n) is 1.69. The first-order chi connectivity index (χ1) is 7.75. The number of pyridine rings is 1. The lowest BCUT2D eigenvalue weighted by Crippen LogP contribution is -2.20. The molecule has 0 aliphatic carbocycles. The lowest BCUT2D eigenvalue weighted by atomic mass is 10.2. The third-order valence-electron chi connectivity index (χ3n) is 2.40. The molecule has 4 nitrogen and oxygen atoms in total. The van der Waals surface area contributed by atoms with Gasteiger partial charge in [0.2, 0.25) is 0 Å². The number of aromatic nitrogens is 1. The zero-order valence-electron chi connectivity index (χ0n) is 9.77. The first-order valence-corrected chi connectivity index (χ1v) is 5.71. The Morgan fingerprint density at radius 1 is 1.56 bits per heavy atom. The van der Waals surface area contributed by atoms with Crippen LogP contribution in [0.2, 0.25) is 0 Å². The molecule has 1 unspecified atom stereocenters. The minimum absolute atomic E-state index is 0.157. The van der Waals surface area contributed by atoms with Crippen LogP contribution in [0.4, 0.5) is 5.82 Å². The van der Waals surface area contributed by atoms with Gasteiger partial charge in [0, 0.05) is 12.8 Å². The van der Waals surface area contributed by atoms with Gasteiger partial charge in [0.1, 0.15) is 0 Å². The van der Waals surface area contributed by atoms with Crippen LogP contribution in [0.5, 0.6) is 5.75 Å². The molecule has 1 aliphatic heterocycles. The highest BCUT2D eigenvalue weighted by atomic mass is 16.5. The number of nitrogens with one attached hydrogen (secondary N) is 1. The van der Waals surface area contributed by atoms with E-state index in [1.54, 1.807) is 6.20 Å². The third kappa shape index (κ3) is 2.85. The van der Waals surface area contributed by atoms with Crippen molar-refractivity contribution in [3.63, 3.8) is 0 Å². The van der Waals surface area contributed by atoms with Crippen molar-refractivity contribution in [1.82, 2.24) is 4.98 Å². The summed E-state index contributed by atoms with van der Waals surface area (Å²) in [5, 5.41) is 3.35. The maximum Gasteiger partial charge on any atom is 0.169 e. The van der Waals surface area contributed by atoms with E-state index in [-0.39, 0.29) is 6.10 Å². The molecule has 0 radical (unpaired) electrons. The number of nitrogens with zero attached hydrogens (tertiary/aromatic N) is 1. The van der Waals surface area contributed by atoms with Crippen molar-refractivity contribution in [2.75, 3.05) is 18.5 Å². The van der Waals surface area contributed by atoms with Crippen LogP contribution >= 0.6 is 0 Å². The SMILES string of the molecule is CC(C)Oc1cccnc1NC1CCOC1. The van der Waals surface area contributed by atoms with Crippen molar-refractivity contribution in [2.24, 2.45) is 0 Å². The lowest BCUT2D eigenvalue weighted by Gasteiger charge is -2.16. The Hall–Kier alpha value is -1.29. The minimum Gasteiger partial charge on any atom is -0.487 e. The molecule has 16 heavy (non-hydrogen) atoms. The Kier molecular flexibility index (Phi) is 3.62. The molecule has 1 aromatic rings. The quantitative estimate of drug-likeness (QED) is 0.847. The van der Waals surface area contributed by atoms with Crippen molar-refractivity contribution in [3.05, 3.63) is 18.3 Å². The number of hydrogen-bond acceptors (Lipinski definition) is 4. The number of anilines is 1. The van der Waals surface area contributed by atoms with Gasteiger partial charge >= 0.3 is 0 Å². The highest BCUT2D eigenvalue weighted by Gasteiger charge is 2.17. The van der Waals surface area contributed by atoms with Gasteiger partial charge in [-0.2, -0.15) is 0 Å². The minimum atomic E-state index is 0.157. The monoisotopic (exact) mass is 222 g/mol. The van der Waals surface area contributed by atoms with E-state index >= 15 is 0 Å². The van der Waals surface area contributed by atoms with E-state index in [1.165, 1.54) is 0 Å². The molecule has 1 N–H and O–H groups in total. The van der Waals surface area contributed by atoms with E-state index < -0.39 is 0 Å². The molecule has 1 aliphatic rings. The summed E-state index contributed by atoms with van der Waals surface area (Å²) < 4.78 is 11.0. The summed E-state index contributed by atoms with van der Waals surface area (Å²) in [6.07, 6.45) is 2.95. The van der Waals surface area contributed by atoms with Crippen LogP contribution < -0.4 is 10.1 Å². The Morgan fingerprint density at radius 3 is 3.12 bits per heavy atom. The van der Waals surface area contributed by atoms with Gasteiger partial charge in [-0.15, -0.1) is 0 Å². The van der Waals surface area contributed by atoms with E-state index in [4.69, 9.17) is 9.47 Å². The maximum atomic E-state index is 5.69. The van der Waals surface area contributed by atoms with Crippen LogP contribution in [-0.4, -0.2) is 30.3 Å². The van der Waals surface area contributed by atoms with Gasteiger partial charge in [0.25, 0.3) is 0 Å². The molecule has 0 saturated carbocycles. The summed E-state index contributed by atoms with van der Waals surface area (Å²) in [6, 6.07) is 4.17. The predicted octanol–water partition coefficient (Wildman–Crippen LogP) is 2.07. The maximum absolute atomic E-state index is 5.69. The van der Waals surface area contributed by atoms with Crippen molar-refractivity contribution in [2.45, 2.75) is 32.4 Å². The summed E-state index contributed by atoms with van der Waals surface area (Å²) >= 11 is 0. The van der Waals surface area contributed by atoms with Gasteiger partial charge in [-0.05, 0) is 32.4 Å². The molecule has 0 amide bonds. The Morgan fingerprint density at radius 2 is 2.44 bits per heavy atom. The smallest absolute Gasteiger partial charge is 0.169 e. The second-order valence-electron chi connectivity index (χ2n) is 4.22. The first-order valence-electron chi connectivity index (χ1n) is 5.71. The molecule has 1 saturated heterocycles. The summed E-state index contributed by atoms with van der Waals surface area (Å²) in [5.74, 6) is 1.62. The lowest BCUT2D eigenvalue weighted by molar-refractivity contribution is 0.195. The summed E-state index contributed by atoms with van der Waals surface area (Å²) in [7, 11) is 0. The molecular formula is C12H18N2O2. The van der Waals surface area contributed by atoms with Crippen LogP contribution in [0.1, 0.15) is 20.3 Å². The zero-order valence-corrected chi connectivity index (χ0v) is 9.77. The summed E-state index contributed by atoms with van der Waals surface area (Å²) in [5.41, 5.74) is 0. The van der Waals surface area contributed by atoms with Gasteiger partial charge in [0.05, 0.1) is 18.8 Å². The largest absolute Gasteiger partial charge is 0.487 e. The average molecular weight is 222 g/mol. The molecule has 2 heterocycles. The van der Waals surface area contributed by atoms with Gasteiger partial charge in [-0.3, -0.25) is 0 Å². The van der Waals surface area contributed by atoms with E-state index in [9.17, 15) is 0 Å². The van der Waals surface area contributed by atoms with E-state index in [1.807, 2.05) is 26.0 Å². The van der Waals surface area contributed by atoms with Crippen molar-refractivity contribution in [3.8, 4) is 5.75 Å². The molecule has 88 valence electrons. The fourth-order valence-corrected chi connectivity index (χ4v) is 1.69. The van der Waals surface area contributed by atoms with Crippen LogP contribution in [-0.2, 0) is 4.74 Å². The van der Waals surface area contributed by atoms with Crippen LogP contribution in [0.25, 0.3) is 0 Å². The first kappa shape index (κ1) is 11.2. The second-order valence-corrected chi connectivity index (χ2v) is 4.22. The standard InChI is InChI=1S/C12H18N2O2/c1-9(2)16-11-4-3-6-13-12(11)14-10-5-7-15-8-10/h3-4,6,9-10H,5,7-8H2,1-2H3,(H,13,14). The average Bonchev–Trinajstić information content (AvgIpc) is 2.73. The van der Waals surface area contributed by atoms with Crippen molar-refractivity contribution < 1.29 is 9.47 Å². The summed E-state index contributed by atoms with van der Waals surface area (Å²) in [6.45, 7) is 5.59. The molecule has 0 spiro atoms.